The Balaban J connectivity index is 0.000000828. The first-order valence-corrected chi connectivity index (χ1v) is 10.4. The Morgan fingerprint density at radius 2 is 1.48 bits per heavy atom. The van der Waals surface area contributed by atoms with Crippen LogP contribution in [0, 0.1) is 5.92 Å². The molecule has 0 amide bonds. The molecule has 0 unspecified atom stereocenters. The molecule has 2 aromatic rings. The summed E-state index contributed by atoms with van der Waals surface area (Å²) in [5.41, 5.74) is 10.0. The second kappa shape index (κ2) is 13.1. The third-order valence-corrected chi connectivity index (χ3v) is 4.20. The first kappa shape index (κ1) is 23.0. The molecule has 2 nitrogen and oxygen atoms in total. The van der Waals surface area contributed by atoms with Crippen molar-refractivity contribution in [2.45, 2.75) is 72.6 Å². The van der Waals surface area contributed by atoms with Crippen molar-refractivity contribution in [3.05, 3.63) is 65.2 Å². The van der Waals surface area contributed by atoms with Crippen LogP contribution >= 0.6 is 0 Å². The van der Waals surface area contributed by atoms with E-state index in [1.807, 2.05) is 12.1 Å². The van der Waals surface area contributed by atoms with Crippen LogP contribution in [0.1, 0.15) is 81.3 Å². The van der Waals surface area contributed by atoms with Crippen LogP contribution in [0.4, 0.5) is 5.69 Å². The number of hydrogen-bond acceptors (Lipinski definition) is 2. The van der Waals surface area contributed by atoms with Gasteiger partial charge in [0.15, 0.2) is 5.78 Å². The zero-order valence-electron chi connectivity index (χ0n) is 17.6. The molecule has 0 saturated carbocycles. The third kappa shape index (κ3) is 9.98. The molecule has 2 heteroatoms. The molecular weight excluding hydrogens is 330 g/mol. The first-order chi connectivity index (χ1) is 12.9. The molecule has 0 spiro atoms. The number of unbranched alkanes of at least 4 members (excludes halogenated alkanes) is 2. The van der Waals surface area contributed by atoms with E-state index in [-0.39, 0.29) is 5.78 Å². The predicted molar refractivity (Wildman–Crippen MR) is 118 cm³/mol. The minimum atomic E-state index is 0.167. The number of benzene rings is 2. The van der Waals surface area contributed by atoms with Gasteiger partial charge in [-0.2, -0.15) is 0 Å². The second-order valence-electron chi connectivity index (χ2n) is 7.87. The summed E-state index contributed by atoms with van der Waals surface area (Å²) in [7, 11) is 0. The van der Waals surface area contributed by atoms with E-state index in [1.165, 1.54) is 17.5 Å². The van der Waals surface area contributed by atoms with Crippen molar-refractivity contribution in [2.24, 2.45) is 5.92 Å². The first-order valence-electron chi connectivity index (χ1n) is 10.4. The number of carbonyl (C=O) groups excluding carboxylic acids is 1. The van der Waals surface area contributed by atoms with E-state index in [0.29, 0.717) is 17.7 Å². The normalized spacial score (nSPS) is 10.4. The number of aryl methyl sites for hydroxylation is 2. The fourth-order valence-corrected chi connectivity index (χ4v) is 2.80. The van der Waals surface area contributed by atoms with Gasteiger partial charge < -0.3 is 5.73 Å². The summed E-state index contributed by atoms with van der Waals surface area (Å²) in [6, 6.07) is 16.5. The van der Waals surface area contributed by atoms with Crippen LogP contribution in [0.15, 0.2) is 48.5 Å². The van der Waals surface area contributed by atoms with Gasteiger partial charge in [-0.1, -0.05) is 70.5 Å². The standard InChI is InChI=1S/C21H27NO.C4H10/c1-2-3-13-21(23)19-15-14-18(16-20(19)22)12-8-7-11-17-9-5-4-6-10-17;1-4(2)3/h4-6,9-10,14-16H,2-3,7-8,11-13,22H2,1H3;4H,1-3H3. The summed E-state index contributed by atoms with van der Waals surface area (Å²) in [4.78, 5) is 12.1. The van der Waals surface area contributed by atoms with Crippen molar-refractivity contribution >= 4 is 11.5 Å². The van der Waals surface area contributed by atoms with Crippen molar-refractivity contribution in [2.75, 3.05) is 5.73 Å². The average molecular weight is 368 g/mol. The molecule has 0 aliphatic carbocycles. The molecule has 0 atom stereocenters. The zero-order valence-corrected chi connectivity index (χ0v) is 17.6. The highest BCUT2D eigenvalue weighted by Crippen LogP contribution is 2.19. The highest BCUT2D eigenvalue weighted by molar-refractivity contribution is 6.00. The number of Topliss-reactive ketones (excluding diaryl/α,β-unsaturated/α-hetero) is 1. The number of carbonyl (C=O) groups is 1. The Bertz CT molecular complexity index is 659. The SMILES string of the molecule is CC(C)C.CCCCC(=O)c1ccc(CCCCc2ccccc2)cc1N. The molecule has 0 saturated heterocycles. The zero-order chi connectivity index (χ0) is 20.1. The summed E-state index contributed by atoms with van der Waals surface area (Å²) >= 11 is 0. The summed E-state index contributed by atoms with van der Waals surface area (Å²) in [6.07, 6.45) is 6.99. The van der Waals surface area contributed by atoms with Crippen molar-refractivity contribution in [3.8, 4) is 0 Å². The van der Waals surface area contributed by atoms with Crippen LogP contribution in [-0.4, -0.2) is 5.78 Å². The lowest BCUT2D eigenvalue weighted by Gasteiger charge is -2.08. The maximum atomic E-state index is 12.1. The lowest BCUT2D eigenvalue weighted by molar-refractivity contribution is 0.0980. The number of nitrogen functional groups attached to an aromatic ring is 1. The largest absolute Gasteiger partial charge is 0.398 e. The molecule has 0 aliphatic rings. The van der Waals surface area contributed by atoms with E-state index in [9.17, 15) is 4.79 Å². The van der Waals surface area contributed by atoms with Gasteiger partial charge in [0.1, 0.15) is 0 Å². The van der Waals surface area contributed by atoms with E-state index in [1.54, 1.807) is 0 Å². The van der Waals surface area contributed by atoms with Gasteiger partial charge in [0.25, 0.3) is 0 Å². The van der Waals surface area contributed by atoms with Gasteiger partial charge >= 0.3 is 0 Å². The van der Waals surface area contributed by atoms with Crippen molar-refractivity contribution < 1.29 is 4.79 Å². The Kier molecular flexibility index (Phi) is 11.2. The Hall–Kier alpha value is -2.09. The topological polar surface area (TPSA) is 43.1 Å². The lowest BCUT2D eigenvalue weighted by Crippen LogP contribution is -2.04. The van der Waals surface area contributed by atoms with Gasteiger partial charge in [-0.15, -0.1) is 0 Å². The summed E-state index contributed by atoms with van der Waals surface area (Å²) < 4.78 is 0. The molecule has 148 valence electrons. The minimum Gasteiger partial charge on any atom is -0.398 e. The summed E-state index contributed by atoms with van der Waals surface area (Å²) in [6.45, 7) is 8.59. The van der Waals surface area contributed by atoms with Gasteiger partial charge in [-0.25, -0.2) is 0 Å². The van der Waals surface area contributed by atoms with E-state index in [0.717, 1.165) is 38.0 Å². The maximum Gasteiger partial charge on any atom is 0.164 e. The minimum absolute atomic E-state index is 0.167. The Morgan fingerprint density at radius 3 is 2.04 bits per heavy atom. The highest BCUT2D eigenvalue weighted by Gasteiger charge is 2.09. The third-order valence-electron chi connectivity index (χ3n) is 4.20. The molecule has 2 N–H and O–H groups in total. The highest BCUT2D eigenvalue weighted by atomic mass is 16.1. The van der Waals surface area contributed by atoms with E-state index in [4.69, 9.17) is 5.73 Å². The maximum absolute atomic E-state index is 12.1. The molecule has 2 rings (SSSR count). The fraction of sp³-hybridized carbons (Fsp3) is 0.480. The quantitative estimate of drug-likeness (QED) is 0.298. The molecule has 27 heavy (non-hydrogen) atoms. The van der Waals surface area contributed by atoms with E-state index in [2.05, 4.69) is 64.1 Å². The van der Waals surface area contributed by atoms with Gasteiger partial charge in [0, 0.05) is 17.7 Å². The van der Waals surface area contributed by atoms with Crippen LogP contribution in [-0.2, 0) is 12.8 Å². The van der Waals surface area contributed by atoms with Crippen LogP contribution in [0.25, 0.3) is 0 Å². The van der Waals surface area contributed by atoms with Crippen molar-refractivity contribution in [1.29, 1.82) is 0 Å². The van der Waals surface area contributed by atoms with Gasteiger partial charge in [0.2, 0.25) is 0 Å². The van der Waals surface area contributed by atoms with Gasteiger partial charge in [-0.3, -0.25) is 4.79 Å². The lowest BCUT2D eigenvalue weighted by atomic mass is 9.99. The average Bonchev–Trinajstić information content (AvgIpc) is 2.64. The number of nitrogens with two attached hydrogens (primary N) is 1. The number of hydrogen-bond donors (Lipinski definition) is 1. The van der Waals surface area contributed by atoms with E-state index < -0.39 is 0 Å². The molecule has 0 aliphatic heterocycles. The smallest absolute Gasteiger partial charge is 0.164 e. The van der Waals surface area contributed by atoms with Crippen molar-refractivity contribution in [1.82, 2.24) is 0 Å². The molecule has 0 radical (unpaired) electrons. The second-order valence-corrected chi connectivity index (χ2v) is 7.87. The van der Waals surface area contributed by atoms with Gasteiger partial charge in [-0.05, 0) is 61.3 Å². The van der Waals surface area contributed by atoms with Crippen LogP contribution < -0.4 is 5.73 Å². The molecule has 0 fully saturated rings. The Morgan fingerprint density at radius 1 is 0.889 bits per heavy atom. The van der Waals surface area contributed by atoms with Gasteiger partial charge in [0.05, 0.1) is 0 Å². The number of ketones is 1. The predicted octanol–water partition coefficient (Wildman–Crippen LogP) is 6.87. The molecule has 0 heterocycles. The molecular formula is C25H37NO. The Labute approximate surface area is 166 Å². The van der Waals surface area contributed by atoms with Crippen LogP contribution in [0.3, 0.4) is 0 Å². The number of rotatable bonds is 9. The van der Waals surface area contributed by atoms with Crippen LogP contribution in [0.5, 0.6) is 0 Å². The monoisotopic (exact) mass is 367 g/mol. The molecule has 2 aromatic carbocycles. The van der Waals surface area contributed by atoms with Crippen molar-refractivity contribution in [3.63, 3.8) is 0 Å². The summed E-state index contributed by atoms with van der Waals surface area (Å²) in [5.74, 6) is 1.000. The molecule has 0 bridgehead atoms. The summed E-state index contributed by atoms with van der Waals surface area (Å²) in [5, 5.41) is 0. The van der Waals surface area contributed by atoms with E-state index >= 15 is 0 Å². The molecule has 0 aromatic heterocycles. The fourth-order valence-electron chi connectivity index (χ4n) is 2.80. The van der Waals surface area contributed by atoms with Crippen LogP contribution in [0.2, 0.25) is 0 Å². The number of anilines is 1.